The fourth-order valence-corrected chi connectivity index (χ4v) is 1.16. The molecule has 0 aliphatic rings. The lowest BCUT2D eigenvalue weighted by atomic mass is 10.2. The zero-order valence-corrected chi connectivity index (χ0v) is 9.20. The third-order valence-corrected chi connectivity index (χ3v) is 1.82. The van der Waals surface area contributed by atoms with Crippen molar-refractivity contribution in [1.82, 2.24) is 0 Å². The number of carbonyl (C=O) groups is 1. The van der Waals surface area contributed by atoms with Crippen molar-refractivity contribution in [1.29, 1.82) is 0 Å². The molecule has 1 aromatic carbocycles. The summed E-state index contributed by atoms with van der Waals surface area (Å²) in [6, 6.07) is 4.24. The highest BCUT2D eigenvalue weighted by Gasteiger charge is 2.00. The molecule has 0 aromatic heterocycles. The van der Waals surface area contributed by atoms with E-state index in [1.807, 2.05) is 6.92 Å². The Morgan fingerprint density at radius 1 is 1.44 bits per heavy atom. The Balaban J connectivity index is 2.87. The van der Waals surface area contributed by atoms with Crippen LogP contribution >= 0.6 is 0 Å². The van der Waals surface area contributed by atoms with E-state index in [-0.39, 0.29) is 0 Å². The topological polar surface area (TPSA) is 35.5 Å². The van der Waals surface area contributed by atoms with Crippen molar-refractivity contribution in [3.8, 4) is 5.75 Å². The van der Waals surface area contributed by atoms with Gasteiger partial charge in [-0.15, -0.1) is 0 Å². The normalized spacial score (nSPS) is 10.4. The van der Waals surface area contributed by atoms with Crippen LogP contribution in [0.3, 0.4) is 0 Å². The van der Waals surface area contributed by atoms with Gasteiger partial charge in [-0.3, -0.25) is 0 Å². The summed E-state index contributed by atoms with van der Waals surface area (Å²) in [6.45, 7) is 2.28. The first-order valence-corrected chi connectivity index (χ1v) is 4.85. The van der Waals surface area contributed by atoms with Gasteiger partial charge in [0.15, 0.2) is 0 Å². The molecule has 0 aliphatic carbocycles. The molecule has 0 atom stereocenters. The Bertz CT molecular complexity index is 399. The number of hydrogen-bond acceptors (Lipinski definition) is 3. The number of ether oxygens (including phenoxy) is 2. The third kappa shape index (κ3) is 3.73. The number of hydrogen-bond donors (Lipinski definition) is 0. The van der Waals surface area contributed by atoms with Gasteiger partial charge < -0.3 is 9.47 Å². The summed E-state index contributed by atoms with van der Waals surface area (Å²) in [5, 5.41) is 0. The zero-order valence-electron chi connectivity index (χ0n) is 9.20. The molecule has 1 aromatic rings. The Labute approximate surface area is 93.5 Å². The van der Waals surface area contributed by atoms with Crippen molar-refractivity contribution >= 4 is 12.0 Å². The van der Waals surface area contributed by atoms with Crippen LogP contribution in [0.5, 0.6) is 5.75 Å². The van der Waals surface area contributed by atoms with Crippen LogP contribution in [-0.2, 0) is 9.53 Å². The summed E-state index contributed by atoms with van der Waals surface area (Å²) in [5.41, 5.74) is 0.550. The number of benzene rings is 1. The van der Waals surface area contributed by atoms with Gasteiger partial charge in [0.2, 0.25) is 0 Å². The predicted molar refractivity (Wildman–Crippen MR) is 58.6 cm³/mol. The highest BCUT2D eigenvalue weighted by atomic mass is 19.1. The van der Waals surface area contributed by atoms with Crippen LogP contribution in [0, 0.1) is 5.82 Å². The van der Waals surface area contributed by atoms with Crippen LogP contribution in [0.2, 0.25) is 0 Å². The maximum absolute atomic E-state index is 13.1. The van der Waals surface area contributed by atoms with E-state index >= 15 is 0 Å². The van der Waals surface area contributed by atoms with Gasteiger partial charge in [0, 0.05) is 12.1 Å². The minimum absolute atomic E-state index is 0.407. The summed E-state index contributed by atoms with van der Waals surface area (Å²) in [7, 11) is 1.28. The highest BCUT2D eigenvalue weighted by Crippen LogP contribution is 2.17. The zero-order chi connectivity index (χ0) is 12.0. The van der Waals surface area contributed by atoms with Gasteiger partial charge in [-0.1, -0.05) is 0 Å². The van der Waals surface area contributed by atoms with Gasteiger partial charge in [0.1, 0.15) is 11.6 Å². The van der Waals surface area contributed by atoms with E-state index < -0.39 is 11.8 Å². The van der Waals surface area contributed by atoms with E-state index in [2.05, 4.69) is 4.74 Å². The fourth-order valence-electron chi connectivity index (χ4n) is 1.16. The summed E-state index contributed by atoms with van der Waals surface area (Å²) in [4.78, 5) is 10.8. The van der Waals surface area contributed by atoms with Crippen molar-refractivity contribution in [2.75, 3.05) is 13.7 Å². The first-order valence-electron chi connectivity index (χ1n) is 4.85. The first kappa shape index (κ1) is 12.2. The minimum atomic E-state index is -0.484. The Morgan fingerprint density at radius 2 is 2.19 bits per heavy atom. The lowest BCUT2D eigenvalue weighted by Gasteiger charge is -2.04. The average Bonchev–Trinajstić information content (AvgIpc) is 2.25. The molecule has 0 N–H and O–H groups in total. The van der Waals surface area contributed by atoms with E-state index in [1.165, 1.54) is 31.4 Å². The van der Waals surface area contributed by atoms with E-state index in [0.717, 1.165) is 0 Å². The second-order valence-corrected chi connectivity index (χ2v) is 3.01. The lowest BCUT2D eigenvalue weighted by molar-refractivity contribution is -0.134. The molecule has 0 aliphatic heterocycles. The Kier molecular flexibility index (Phi) is 4.51. The molecule has 0 fully saturated rings. The molecule has 3 nitrogen and oxygen atoms in total. The SMILES string of the molecule is CCOc1cc(F)cc(C=CC(=O)OC)c1. The molecule has 0 saturated carbocycles. The molecular weight excluding hydrogens is 211 g/mol. The number of esters is 1. The van der Waals surface area contributed by atoms with E-state index in [0.29, 0.717) is 17.9 Å². The van der Waals surface area contributed by atoms with Crippen molar-refractivity contribution in [3.05, 3.63) is 35.7 Å². The van der Waals surface area contributed by atoms with Crippen molar-refractivity contribution in [3.63, 3.8) is 0 Å². The molecule has 4 heteroatoms. The molecule has 86 valence electrons. The molecule has 0 spiro atoms. The second-order valence-electron chi connectivity index (χ2n) is 3.01. The average molecular weight is 224 g/mol. The largest absolute Gasteiger partial charge is 0.494 e. The monoisotopic (exact) mass is 224 g/mol. The van der Waals surface area contributed by atoms with Crippen molar-refractivity contribution in [2.45, 2.75) is 6.92 Å². The number of methoxy groups -OCH3 is 1. The van der Waals surface area contributed by atoms with E-state index in [9.17, 15) is 9.18 Å². The number of rotatable bonds is 4. The molecule has 0 bridgehead atoms. The summed E-state index contributed by atoms with van der Waals surface area (Å²) < 4.78 is 22.7. The van der Waals surface area contributed by atoms with Gasteiger partial charge >= 0.3 is 5.97 Å². The van der Waals surface area contributed by atoms with Gasteiger partial charge in [-0.05, 0) is 30.7 Å². The standard InChI is InChI=1S/C12H13FO3/c1-3-16-11-7-9(6-10(13)8-11)4-5-12(14)15-2/h4-8H,3H2,1-2H3. The molecule has 0 unspecified atom stereocenters. The van der Waals surface area contributed by atoms with Crippen LogP contribution in [-0.4, -0.2) is 19.7 Å². The molecule has 0 radical (unpaired) electrons. The van der Waals surface area contributed by atoms with Gasteiger partial charge in [0.25, 0.3) is 0 Å². The fraction of sp³-hybridized carbons (Fsp3) is 0.250. The Hall–Kier alpha value is -1.84. The molecule has 0 saturated heterocycles. The molecule has 16 heavy (non-hydrogen) atoms. The van der Waals surface area contributed by atoms with Crippen LogP contribution < -0.4 is 4.74 Å². The molecular formula is C12H13FO3. The lowest BCUT2D eigenvalue weighted by Crippen LogP contribution is -1.94. The van der Waals surface area contributed by atoms with Crippen molar-refractivity contribution in [2.24, 2.45) is 0 Å². The number of halogens is 1. The smallest absolute Gasteiger partial charge is 0.330 e. The van der Waals surface area contributed by atoms with Crippen LogP contribution in [0.25, 0.3) is 6.08 Å². The molecule has 1 rings (SSSR count). The summed E-state index contributed by atoms with van der Waals surface area (Å²) in [6.07, 6.45) is 2.70. The van der Waals surface area contributed by atoms with E-state index in [4.69, 9.17) is 4.74 Å². The predicted octanol–water partition coefficient (Wildman–Crippen LogP) is 2.41. The highest BCUT2D eigenvalue weighted by molar-refractivity contribution is 5.86. The van der Waals surface area contributed by atoms with Crippen molar-refractivity contribution < 1.29 is 18.7 Å². The minimum Gasteiger partial charge on any atom is -0.494 e. The maximum atomic E-state index is 13.1. The third-order valence-electron chi connectivity index (χ3n) is 1.82. The summed E-state index contributed by atoms with van der Waals surface area (Å²) in [5.74, 6) is -0.454. The molecule has 0 amide bonds. The first-order chi connectivity index (χ1) is 7.65. The van der Waals surface area contributed by atoms with Gasteiger partial charge in [-0.2, -0.15) is 0 Å². The van der Waals surface area contributed by atoms with Crippen LogP contribution in [0.4, 0.5) is 4.39 Å². The molecule has 0 heterocycles. The Morgan fingerprint density at radius 3 is 2.81 bits per heavy atom. The van der Waals surface area contributed by atoms with Crippen LogP contribution in [0.1, 0.15) is 12.5 Å². The van der Waals surface area contributed by atoms with Gasteiger partial charge in [0.05, 0.1) is 13.7 Å². The summed E-state index contributed by atoms with van der Waals surface area (Å²) >= 11 is 0. The number of carbonyl (C=O) groups excluding carboxylic acids is 1. The second kappa shape index (κ2) is 5.90. The quantitative estimate of drug-likeness (QED) is 0.582. The van der Waals surface area contributed by atoms with Gasteiger partial charge in [-0.25, -0.2) is 9.18 Å². The van der Waals surface area contributed by atoms with E-state index in [1.54, 1.807) is 6.07 Å². The maximum Gasteiger partial charge on any atom is 0.330 e. The van der Waals surface area contributed by atoms with Crippen LogP contribution in [0.15, 0.2) is 24.3 Å².